The second kappa shape index (κ2) is 20.5. The standard InChI is InChI=1S/C38H43F17N2O7Si/c1-21(2)65(22(3)4,20-17-31(39,40)32(41,42)33(43,44)34(45,46)35(47,48)36(49,50)37(51,52)38(53,54)55)63-19-18-62-27-12-8-24(9-13-27)28(16-7-23(5)29(58)57-60)64-30(59)56-25-10-14-26(61-6)15-11-25/h7-15,21-22,28,60H,16-20H2,1-6H3,(H,56,59)(H,57,58)/b23-7+/t28-/m1/s1. The third-order valence-electron chi connectivity index (χ3n) is 10.2. The SMILES string of the molecule is COc1ccc(NC(=O)O[C@H](C/C=C(\C)C(=O)NO)c2ccc(OCCO[Si](CCC(F)(F)C(F)(F)C(F)(F)C(F)(F)C(F)(F)C(F)(F)C(F)(F)C(F)(F)F)(C(C)C)C(C)C)cc2)cc1. The quantitative estimate of drug-likeness (QED) is 0.0254. The molecule has 0 fully saturated rings. The van der Waals surface area contributed by atoms with Gasteiger partial charge in [-0.05, 0) is 66.0 Å². The summed E-state index contributed by atoms with van der Waals surface area (Å²) in [7, 11) is -2.60. The molecule has 2 aromatic rings. The largest absolute Gasteiger partial charge is 0.497 e. The summed E-state index contributed by atoms with van der Waals surface area (Å²) in [6.45, 7) is 5.57. The molecule has 0 saturated heterocycles. The molecular formula is C38H43F17N2O7Si. The van der Waals surface area contributed by atoms with Gasteiger partial charge in [0.1, 0.15) is 24.2 Å². The molecule has 0 aliphatic heterocycles. The van der Waals surface area contributed by atoms with Gasteiger partial charge in [-0.3, -0.25) is 15.3 Å². The van der Waals surface area contributed by atoms with Gasteiger partial charge in [-0.25, -0.2) is 10.3 Å². The van der Waals surface area contributed by atoms with Crippen molar-refractivity contribution in [1.82, 2.24) is 5.48 Å². The molecule has 2 rings (SSSR count). The van der Waals surface area contributed by atoms with Crippen molar-refractivity contribution < 1.29 is 108 Å². The van der Waals surface area contributed by atoms with Crippen molar-refractivity contribution in [2.24, 2.45) is 0 Å². The molecule has 0 bridgehead atoms. The molecule has 0 aromatic heterocycles. The Morgan fingerprint density at radius 3 is 1.58 bits per heavy atom. The van der Waals surface area contributed by atoms with Crippen molar-refractivity contribution in [1.29, 1.82) is 0 Å². The number of alkyl halides is 17. The molecule has 2 aromatic carbocycles. The molecule has 370 valence electrons. The second-order valence-electron chi connectivity index (χ2n) is 15.0. The van der Waals surface area contributed by atoms with Gasteiger partial charge in [0.2, 0.25) is 0 Å². The Kier molecular flexibility index (Phi) is 17.9. The van der Waals surface area contributed by atoms with E-state index in [9.17, 15) is 84.2 Å². The monoisotopic (exact) mass is 990 g/mol. The van der Waals surface area contributed by atoms with Gasteiger partial charge in [0.25, 0.3) is 5.91 Å². The molecule has 0 radical (unpaired) electrons. The number of ether oxygens (including phenoxy) is 3. The number of hydrogen-bond donors (Lipinski definition) is 3. The molecule has 0 aliphatic rings. The van der Waals surface area contributed by atoms with Crippen LogP contribution < -0.4 is 20.3 Å². The minimum Gasteiger partial charge on any atom is -0.497 e. The van der Waals surface area contributed by atoms with Crippen LogP contribution >= 0.6 is 0 Å². The van der Waals surface area contributed by atoms with Crippen molar-refractivity contribution >= 4 is 26.0 Å². The average Bonchev–Trinajstić information content (AvgIpc) is 3.20. The number of nitrogens with one attached hydrogen (secondary N) is 2. The van der Waals surface area contributed by atoms with Crippen LogP contribution in [0.3, 0.4) is 0 Å². The number of anilines is 1. The first-order valence-corrected chi connectivity index (χ1v) is 21.0. The van der Waals surface area contributed by atoms with Gasteiger partial charge in [-0.1, -0.05) is 45.9 Å². The highest BCUT2D eigenvalue weighted by atomic mass is 28.4. The zero-order chi connectivity index (χ0) is 50.4. The fraction of sp³-hybridized carbons (Fsp3) is 0.579. The maximum absolute atomic E-state index is 15.0. The van der Waals surface area contributed by atoms with Gasteiger partial charge < -0.3 is 18.6 Å². The molecule has 1 atom stereocenters. The van der Waals surface area contributed by atoms with Crippen LogP contribution in [0, 0.1) is 0 Å². The smallest absolute Gasteiger partial charge is 0.460 e. The third-order valence-corrected chi connectivity index (χ3v) is 15.9. The Labute approximate surface area is 360 Å². The minimum atomic E-state index is -8.71. The Bertz CT molecular complexity index is 1920. The Morgan fingerprint density at radius 1 is 0.677 bits per heavy atom. The van der Waals surface area contributed by atoms with E-state index in [4.69, 9.17) is 23.8 Å². The number of hydrogen-bond acceptors (Lipinski definition) is 7. The van der Waals surface area contributed by atoms with Crippen LogP contribution in [0.25, 0.3) is 0 Å². The molecule has 0 aliphatic carbocycles. The summed E-state index contributed by atoms with van der Waals surface area (Å²) in [5.74, 6) is -57.2. The van der Waals surface area contributed by atoms with E-state index in [1.54, 1.807) is 12.1 Å². The van der Waals surface area contributed by atoms with Crippen molar-refractivity contribution in [3.05, 3.63) is 65.7 Å². The van der Waals surface area contributed by atoms with Gasteiger partial charge >= 0.3 is 53.7 Å². The number of benzene rings is 2. The normalized spacial score (nSPS) is 14.6. The second-order valence-corrected chi connectivity index (χ2v) is 20.0. The lowest BCUT2D eigenvalue weighted by molar-refractivity contribution is -0.461. The van der Waals surface area contributed by atoms with Gasteiger partial charge in [-0.15, -0.1) is 0 Å². The molecule has 65 heavy (non-hydrogen) atoms. The maximum atomic E-state index is 15.0. The first-order chi connectivity index (χ1) is 29.5. The van der Waals surface area contributed by atoms with E-state index in [1.807, 2.05) is 0 Å². The van der Waals surface area contributed by atoms with Gasteiger partial charge in [-0.2, -0.15) is 74.6 Å². The third kappa shape index (κ3) is 11.5. The Balaban J connectivity index is 2.28. The fourth-order valence-corrected chi connectivity index (χ4v) is 10.7. The number of amides is 2. The number of rotatable bonds is 23. The number of hydroxylamine groups is 1. The summed E-state index contributed by atoms with van der Waals surface area (Å²) < 4.78 is 258. The number of carbonyl (C=O) groups is 2. The molecule has 0 spiro atoms. The van der Waals surface area contributed by atoms with E-state index < -0.39 is 111 Å². The summed E-state index contributed by atoms with van der Waals surface area (Å²) in [6.07, 6.45) is -11.2. The number of carbonyl (C=O) groups excluding carboxylic acids is 2. The van der Waals surface area contributed by atoms with Crippen LogP contribution in [-0.2, 0) is 14.0 Å². The van der Waals surface area contributed by atoms with Gasteiger partial charge in [0, 0.05) is 24.1 Å². The van der Waals surface area contributed by atoms with Crippen molar-refractivity contribution in [2.45, 2.75) is 118 Å². The van der Waals surface area contributed by atoms with Crippen LogP contribution in [0.2, 0.25) is 17.1 Å². The minimum absolute atomic E-state index is 0.0426. The fourth-order valence-electron chi connectivity index (χ4n) is 6.19. The van der Waals surface area contributed by atoms with E-state index in [-0.39, 0.29) is 17.7 Å². The predicted molar refractivity (Wildman–Crippen MR) is 198 cm³/mol. The van der Waals surface area contributed by atoms with Crippen LogP contribution in [0.15, 0.2) is 60.2 Å². The summed E-state index contributed by atoms with van der Waals surface area (Å²) in [4.78, 5) is 24.6. The molecule has 27 heteroatoms. The molecule has 3 N–H and O–H groups in total. The zero-order valence-electron chi connectivity index (χ0n) is 34.8. The highest BCUT2D eigenvalue weighted by Gasteiger charge is 2.95. The van der Waals surface area contributed by atoms with Gasteiger partial charge in [0.15, 0.2) is 8.32 Å². The average molecular weight is 991 g/mol. The first kappa shape index (κ1) is 56.6. The topological polar surface area (TPSA) is 115 Å². The number of halogens is 17. The van der Waals surface area contributed by atoms with Crippen LogP contribution in [0.4, 0.5) is 85.1 Å². The van der Waals surface area contributed by atoms with E-state index >= 15 is 0 Å². The highest BCUT2D eigenvalue weighted by Crippen LogP contribution is 2.64. The highest BCUT2D eigenvalue weighted by molar-refractivity contribution is 6.76. The van der Waals surface area contributed by atoms with E-state index in [1.165, 1.54) is 89.7 Å². The predicted octanol–water partition coefficient (Wildman–Crippen LogP) is 12.4. The van der Waals surface area contributed by atoms with Crippen molar-refractivity contribution in [3.8, 4) is 11.5 Å². The van der Waals surface area contributed by atoms with E-state index in [0.29, 0.717) is 17.0 Å². The lowest BCUT2D eigenvalue weighted by Crippen LogP contribution is -2.74. The molecule has 0 heterocycles. The summed E-state index contributed by atoms with van der Waals surface area (Å²) in [5, 5.41) is 11.4. The van der Waals surface area contributed by atoms with Crippen molar-refractivity contribution in [3.63, 3.8) is 0 Å². The van der Waals surface area contributed by atoms with E-state index in [2.05, 4.69) is 5.32 Å². The molecule has 9 nitrogen and oxygen atoms in total. The van der Waals surface area contributed by atoms with E-state index in [0.717, 1.165) is 0 Å². The summed E-state index contributed by atoms with van der Waals surface area (Å²) in [6, 6.07) is 10.3. The maximum Gasteiger partial charge on any atom is 0.460 e. The zero-order valence-corrected chi connectivity index (χ0v) is 35.8. The molecule has 0 unspecified atom stereocenters. The Morgan fingerprint density at radius 2 is 1.14 bits per heavy atom. The summed E-state index contributed by atoms with van der Waals surface area (Å²) >= 11 is 0. The lowest BCUT2D eigenvalue weighted by atomic mass is 9.88. The molecule has 2 amide bonds. The number of methoxy groups -OCH3 is 1. The molecular weight excluding hydrogens is 947 g/mol. The van der Waals surface area contributed by atoms with Gasteiger partial charge in [0.05, 0.1) is 13.7 Å². The Hall–Kier alpha value is -4.53. The van der Waals surface area contributed by atoms with Crippen molar-refractivity contribution in [2.75, 3.05) is 25.6 Å². The van der Waals surface area contributed by atoms with Crippen LogP contribution in [-0.4, -0.2) is 93.5 Å². The lowest BCUT2D eigenvalue weighted by Gasteiger charge is -2.44. The van der Waals surface area contributed by atoms with Crippen LogP contribution in [0.5, 0.6) is 11.5 Å². The summed E-state index contributed by atoms with van der Waals surface area (Å²) in [5.41, 5.74) is 0.332. The molecule has 0 saturated carbocycles. The van der Waals surface area contributed by atoms with Crippen LogP contribution in [0.1, 0.15) is 59.1 Å². The first-order valence-electron chi connectivity index (χ1n) is 18.8.